The SMILES string of the molecule is Cc1ccc(N(CN2C(=O)c3ccccc3C2=O)C(=O)c2ccco2)cc1. The molecule has 0 spiro atoms. The molecule has 0 unspecified atom stereocenters. The highest BCUT2D eigenvalue weighted by Crippen LogP contribution is 2.25. The highest BCUT2D eigenvalue weighted by atomic mass is 16.3. The highest BCUT2D eigenvalue weighted by Gasteiger charge is 2.37. The third-order valence-electron chi connectivity index (χ3n) is 4.48. The Morgan fingerprint density at radius 1 is 0.926 bits per heavy atom. The van der Waals surface area contributed by atoms with Crippen LogP contribution in [0.1, 0.15) is 36.8 Å². The Labute approximate surface area is 155 Å². The molecular formula is C21H16N2O4. The molecule has 0 radical (unpaired) electrons. The van der Waals surface area contributed by atoms with Crippen molar-refractivity contribution in [3.05, 3.63) is 89.4 Å². The minimum atomic E-state index is -0.430. The van der Waals surface area contributed by atoms with E-state index in [1.807, 2.05) is 19.1 Å². The molecule has 4 rings (SSSR count). The van der Waals surface area contributed by atoms with Gasteiger partial charge in [0, 0.05) is 5.69 Å². The van der Waals surface area contributed by atoms with Gasteiger partial charge in [0.1, 0.15) is 6.67 Å². The second-order valence-corrected chi connectivity index (χ2v) is 6.27. The summed E-state index contributed by atoms with van der Waals surface area (Å²) in [5, 5.41) is 0. The molecule has 0 atom stereocenters. The van der Waals surface area contributed by atoms with E-state index in [4.69, 9.17) is 4.42 Å². The second-order valence-electron chi connectivity index (χ2n) is 6.27. The van der Waals surface area contributed by atoms with Crippen molar-refractivity contribution in [3.8, 4) is 0 Å². The number of nitrogens with zero attached hydrogens (tertiary/aromatic N) is 2. The largest absolute Gasteiger partial charge is 0.459 e. The van der Waals surface area contributed by atoms with Gasteiger partial charge in [-0.25, -0.2) is 0 Å². The summed E-state index contributed by atoms with van der Waals surface area (Å²) in [5.74, 6) is -1.13. The number of aryl methyl sites for hydroxylation is 1. The van der Waals surface area contributed by atoms with Crippen LogP contribution in [-0.4, -0.2) is 29.3 Å². The number of imide groups is 1. The van der Waals surface area contributed by atoms with Gasteiger partial charge in [0.2, 0.25) is 0 Å². The van der Waals surface area contributed by atoms with Gasteiger partial charge in [-0.15, -0.1) is 0 Å². The van der Waals surface area contributed by atoms with E-state index in [1.54, 1.807) is 48.5 Å². The number of furan rings is 1. The molecule has 134 valence electrons. The molecule has 27 heavy (non-hydrogen) atoms. The Hall–Kier alpha value is -3.67. The van der Waals surface area contributed by atoms with Crippen molar-refractivity contribution in [2.45, 2.75) is 6.92 Å². The van der Waals surface area contributed by atoms with E-state index in [2.05, 4.69) is 0 Å². The maximum Gasteiger partial charge on any atom is 0.295 e. The monoisotopic (exact) mass is 360 g/mol. The number of carbonyl (C=O) groups excluding carboxylic acids is 3. The Balaban J connectivity index is 1.70. The first-order valence-corrected chi connectivity index (χ1v) is 8.43. The zero-order valence-corrected chi connectivity index (χ0v) is 14.6. The van der Waals surface area contributed by atoms with Crippen LogP contribution >= 0.6 is 0 Å². The molecule has 3 amide bonds. The Morgan fingerprint density at radius 3 is 2.11 bits per heavy atom. The molecule has 1 aliphatic heterocycles. The van der Waals surface area contributed by atoms with Crippen molar-refractivity contribution in [1.29, 1.82) is 0 Å². The van der Waals surface area contributed by atoms with Gasteiger partial charge in [-0.2, -0.15) is 0 Å². The van der Waals surface area contributed by atoms with Crippen molar-refractivity contribution < 1.29 is 18.8 Å². The molecule has 1 aromatic heterocycles. The number of hydrogen-bond donors (Lipinski definition) is 0. The van der Waals surface area contributed by atoms with Crippen molar-refractivity contribution in [2.24, 2.45) is 0 Å². The summed E-state index contributed by atoms with van der Waals surface area (Å²) in [4.78, 5) is 40.7. The Morgan fingerprint density at radius 2 is 1.56 bits per heavy atom. The summed E-state index contributed by atoms with van der Waals surface area (Å²) in [6, 6.07) is 17.1. The van der Waals surface area contributed by atoms with Crippen LogP contribution in [-0.2, 0) is 0 Å². The summed E-state index contributed by atoms with van der Waals surface area (Å²) in [5.41, 5.74) is 2.29. The minimum Gasteiger partial charge on any atom is -0.459 e. The lowest BCUT2D eigenvalue weighted by atomic mass is 10.1. The molecule has 0 aliphatic carbocycles. The van der Waals surface area contributed by atoms with E-state index in [0.29, 0.717) is 16.8 Å². The molecular weight excluding hydrogens is 344 g/mol. The van der Waals surface area contributed by atoms with E-state index in [1.165, 1.54) is 11.2 Å². The summed E-state index contributed by atoms with van der Waals surface area (Å²) < 4.78 is 5.22. The number of benzene rings is 2. The summed E-state index contributed by atoms with van der Waals surface area (Å²) >= 11 is 0. The second kappa shape index (κ2) is 6.57. The first-order valence-electron chi connectivity index (χ1n) is 8.43. The lowest BCUT2D eigenvalue weighted by Gasteiger charge is -2.26. The Kier molecular flexibility index (Phi) is 4.08. The van der Waals surface area contributed by atoms with Crippen LogP contribution in [0.5, 0.6) is 0 Å². The fraction of sp³-hybridized carbons (Fsp3) is 0.0952. The molecule has 1 aliphatic rings. The fourth-order valence-electron chi connectivity index (χ4n) is 3.03. The van der Waals surface area contributed by atoms with Gasteiger partial charge >= 0.3 is 0 Å². The molecule has 0 saturated heterocycles. The average Bonchev–Trinajstić information content (AvgIpc) is 3.30. The van der Waals surface area contributed by atoms with Gasteiger partial charge < -0.3 is 4.42 Å². The van der Waals surface area contributed by atoms with E-state index in [0.717, 1.165) is 10.5 Å². The van der Waals surface area contributed by atoms with Gasteiger partial charge in [0.05, 0.1) is 17.4 Å². The van der Waals surface area contributed by atoms with Crippen LogP contribution in [0.4, 0.5) is 5.69 Å². The standard InChI is InChI=1S/C21H16N2O4/c1-14-8-10-15(11-9-14)22(21(26)18-7-4-12-27-18)13-23-19(24)16-5-2-3-6-17(16)20(23)25/h2-12H,13H2,1H3. The van der Waals surface area contributed by atoms with Crippen LogP contribution in [0.3, 0.4) is 0 Å². The van der Waals surface area contributed by atoms with E-state index in [-0.39, 0.29) is 12.4 Å². The number of carbonyl (C=O) groups is 3. The van der Waals surface area contributed by atoms with Crippen LogP contribution < -0.4 is 4.90 Å². The quantitative estimate of drug-likeness (QED) is 0.668. The maximum absolute atomic E-state index is 12.9. The topological polar surface area (TPSA) is 70.8 Å². The number of anilines is 1. The zero-order chi connectivity index (χ0) is 19.0. The smallest absolute Gasteiger partial charge is 0.295 e. The first-order chi connectivity index (χ1) is 13.1. The maximum atomic E-state index is 12.9. The van der Waals surface area contributed by atoms with Crippen molar-refractivity contribution in [1.82, 2.24) is 4.90 Å². The van der Waals surface area contributed by atoms with Gasteiger partial charge in [-0.1, -0.05) is 29.8 Å². The predicted molar refractivity (Wildman–Crippen MR) is 98.5 cm³/mol. The van der Waals surface area contributed by atoms with Gasteiger partial charge in [-0.3, -0.25) is 24.2 Å². The van der Waals surface area contributed by atoms with E-state index in [9.17, 15) is 14.4 Å². The van der Waals surface area contributed by atoms with Crippen molar-refractivity contribution in [3.63, 3.8) is 0 Å². The number of amides is 3. The molecule has 2 heterocycles. The number of rotatable bonds is 4. The van der Waals surface area contributed by atoms with Crippen LogP contribution in [0.15, 0.2) is 71.3 Å². The third-order valence-corrected chi connectivity index (χ3v) is 4.48. The predicted octanol–water partition coefficient (Wildman–Crippen LogP) is 3.49. The van der Waals surface area contributed by atoms with Gasteiger partial charge in [0.25, 0.3) is 17.7 Å². The summed E-state index contributed by atoms with van der Waals surface area (Å²) in [6.07, 6.45) is 1.41. The number of hydrogen-bond acceptors (Lipinski definition) is 4. The number of fused-ring (bicyclic) bond motifs is 1. The van der Waals surface area contributed by atoms with Crippen LogP contribution in [0.25, 0.3) is 0 Å². The highest BCUT2D eigenvalue weighted by molar-refractivity contribution is 6.21. The molecule has 6 heteroatoms. The zero-order valence-electron chi connectivity index (χ0n) is 14.6. The average molecular weight is 360 g/mol. The summed E-state index contributed by atoms with van der Waals surface area (Å²) in [6.45, 7) is 1.74. The lowest BCUT2D eigenvalue weighted by molar-refractivity contribution is 0.0649. The normalized spacial score (nSPS) is 13.0. The molecule has 0 fully saturated rings. The molecule has 0 N–H and O–H groups in total. The first kappa shape index (κ1) is 16.8. The third kappa shape index (κ3) is 2.91. The molecule has 3 aromatic rings. The lowest BCUT2D eigenvalue weighted by Crippen LogP contribution is -2.44. The van der Waals surface area contributed by atoms with E-state index >= 15 is 0 Å². The van der Waals surface area contributed by atoms with Crippen molar-refractivity contribution >= 4 is 23.4 Å². The fourth-order valence-corrected chi connectivity index (χ4v) is 3.03. The van der Waals surface area contributed by atoms with Crippen LogP contribution in [0, 0.1) is 6.92 Å². The summed E-state index contributed by atoms with van der Waals surface area (Å²) in [7, 11) is 0. The van der Waals surface area contributed by atoms with Crippen molar-refractivity contribution in [2.75, 3.05) is 11.6 Å². The van der Waals surface area contributed by atoms with E-state index < -0.39 is 17.7 Å². The van der Waals surface area contributed by atoms with Gasteiger partial charge in [0.15, 0.2) is 5.76 Å². The Bertz CT molecular complexity index is 988. The molecule has 6 nitrogen and oxygen atoms in total. The van der Waals surface area contributed by atoms with Crippen LogP contribution in [0.2, 0.25) is 0 Å². The molecule has 0 saturated carbocycles. The molecule has 2 aromatic carbocycles. The van der Waals surface area contributed by atoms with Gasteiger partial charge in [-0.05, 0) is 43.3 Å². The minimum absolute atomic E-state index is 0.132. The molecule has 0 bridgehead atoms.